The van der Waals surface area contributed by atoms with Gasteiger partial charge in [-0.3, -0.25) is 0 Å². The van der Waals surface area contributed by atoms with Crippen LogP contribution in [0.25, 0.3) is 0 Å². The first-order chi connectivity index (χ1) is 7.63. The molecule has 4 nitrogen and oxygen atoms in total. The van der Waals surface area contributed by atoms with Gasteiger partial charge in [0, 0.05) is 23.9 Å². The summed E-state index contributed by atoms with van der Waals surface area (Å²) in [5.41, 5.74) is 5.48. The Labute approximate surface area is 100 Å². The minimum atomic E-state index is 0.287. The third kappa shape index (κ3) is 4.20. The highest BCUT2D eigenvalue weighted by Gasteiger charge is 2.11. The van der Waals surface area contributed by atoms with E-state index in [1.807, 2.05) is 0 Å². The summed E-state index contributed by atoms with van der Waals surface area (Å²) in [6, 6.07) is 4.50. The molecule has 1 atom stereocenters. The van der Waals surface area contributed by atoms with Crippen molar-refractivity contribution in [3.63, 3.8) is 0 Å². The van der Waals surface area contributed by atoms with E-state index in [1.54, 1.807) is 11.3 Å². The molecule has 0 aromatic carbocycles. The molecule has 1 aromatic rings. The summed E-state index contributed by atoms with van der Waals surface area (Å²) in [7, 11) is 2.06. The summed E-state index contributed by atoms with van der Waals surface area (Å²) in [6.45, 7) is 3.06. The third-order valence-corrected chi connectivity index (χ3v) is 3.61. The average molecular weight is 241 g/mol. The normalized spacial score (nSPS) is 14.3. The Balaban J connectivity index is 2.31. The molecule has 1 aromatic heterocycles. The molecule has 0 fully saturated rings. The Morgan fingerprint density at radius 3 is 3.00 bits per heavy atom. The predicted octanol–water partition coefficient (Wildman–Crippen LogP) is 1.75. The van der Waals surface area contributed by atoms with Crippen molar-refractivity contribution >= 4 is 17.2 Å². The molecule has 0 saturated heterocycles. The number of thiophene rings is 1. The highest BCUT2D eigenvalue weighted by molar-refractivity contribution is 7.09. The smallest absolute Gasteiger partial charge is 0.140 e. The van der Waals surface area contributed by atoms with Crippen molar-refractivity contribution in [3.05, 3.63) is 22.4 Å². The van der Waals surface area contributed by atoms with E-state index in [2.05, 4.69) is 41.5 Å². The molecule has 0 saturated carbocycles. The zero-order valence-electron chi connectivity index (χ0n) is 9.76. The van der Waals surface area contributed by atoms with Gasteiger partial charge in [-0.05, 0) is 31.8 Å². The molecule has 1 unspecified atom stereocenters. The van der Waals surface area contributed by atoms with Gasteiger partial charge in [-0.1, -0.05) is 11.2 Å². The molecule has 1 heterocycles. The van der Waals surface area contributed by atoms with E-state index in [0.29, 0.717) is 6.42 Å². The van der Waals surface area contributed by atoms with E-state index in [0.717, 1.165) is 13.0 Å². The minimum Gasteiger partial charge on any atom is -0.409 e. The lowest BCUT2D eigenvalue weighted by molar-refractivity contribution is 0.262. The van der Waals surface area contributed by atoms with Gasteiger partial charge in [0.2, 0.25) is 0 Å². The first-order valence-electron chi connectivity index (χ1n) is 5.32. The number of amidine groups is 1. The fourth-order valence-electron chi connectivity index (χ4n) is 1.46. The lowest BCUT2D eigenvalue weighted by Crippen LogP contribution is -2.34. The van der Waals surface area contributed by atoms with Crippen molar-refractivity contribution in [1.82, 2.24) is 4.90 Å². The molecule has 0 spiro atoms. The molecule has 5 heteroatoms. The second kappa shape index (κ2) is 6.50. The third-order valence-electron chi connectivity index (χ3n) is 2.68. The van der Waals surface area contributed by atoms with E-state index in [4.69, 9.17) is 10.9 Å². The lowest BCUT2D eigenvalue weighted by Gasteiger charge is -2.23. The molecule has 0 aliphatic rings. The van der Waals surface area contributed by atoms with Gasteiger partial charge >= 0.3 is 0 Å². The number of oxime groups is 1. The molecule has 3 N–H and O–H groups in total. The maximum absolute atomic E-state index is 8.49. The Bertz CT molecular complexity index is 324. The van der Waals surface area contributed by atoms with Crippen LogP contribution in [0.5, 0.6) is 0 Å². The zero-order chi connectivity index (χ0) is 12.0. The summed E-state index contributed by atoms with van der Waals surface area (Å²) < 4.78 is 0. The molecular formula is C11H19N3OS. The maximum Gasteiger partial charge on any atom is 0.140 e. The van der Waals surface area contributed by atoms with Gasteiger partial charge in [-0.2, -0.15) is 0 Å². The minimum absolute atomic E-state index is 0.287. The van der Waals surface area contributed by atoms with Gasteiger partial charge in [-0.15, -0.1) is 11.3 Å². The molecule has 1 rings (SSSR count). The first-order valence-corrected chi connectivity index (χ1v) is 6.20. The van der Waals surface area contributed by atoms with Gasteiger partial charge in [-0.25, -0.2) is 0 Å². The Kier molecular flexibility index (Phi) is 5.28. The topological polar surface area (TPSA) is 61.9 Å². The molecular weight excluding hydrogens is 222 g/mol. The summed E-state index contributed by atoms with van der Waals surface area (Å²) in [6.07, 6.45) is 1.64. The number of hydrogen-bond acceptors (Lipinski definition) is 4. The number of likely N-dealkylation sites (N-methyl/N-ethyl adjacent to an activating group) is 1. The van der Waals surface area contributed by atoms with Gasteiger partial charge in [0.25, 0.3) is 0 Å². The molecule has 0 radical (unpaired) electrons. The van der Waals surface area contributed by atoms with Crippen LogP contribution in [0, 0.1) is 0 Å². The van der Waals surface area contributed by atoms with Crippen LogP contribution in [0.15, 0.2) is 22.7 Å². The average Bonchev–Trinajstić information content (AvgIpc) is 2.78. The van der Waals surface area contributed by atoms with Gasteiger partial charge in [0.15, 0.2) is 0 Å². The molecule has 0 bridgehead atoms. The van der Waals surface area contributed by atoms with Crippen LogP contribution < -0.4 is 5.73 Å². The Morgan fingerprint density at radius 2 is 2.44 bits per heavy atom. The monoisotopic (exact) mass is 241 g/mol. The van der Waals surface area contributed by atoms with Crippen LogP contribution in [0.2, 0.25) is 0 Å². The Hall–Kier alpha value is -1.07. The number of rotatable bonds is 6. The molecule has 0 aliphatic carbocycles. The van der Waals surface area contributed by atoms with Crippen molar-refractivity contribution in [2.45, 2.75) is 25.8 Å². The van der Waals surface area contributed by atoms with Crippen molar-refractivity contribution in [2.75, 3.05) is 13.6 Å². The van der Waals surface area contributed by atoms with Gasteiger partial charge in [0.1, 0.15) is 5.84 Å². The molecule has 16 heavy (non-hydrogen) atoms. The van der Waals surface area contributed by atoms with Crippen LogP contribution in [-0.2, 0) is 6.42 Å². The van der Waals surface area contributed by atoms with E-state index >= 15 is 0 Å². The molecule has 0 amide bonds. The van der Waals surface area contributed by atoms with E-state index in [-0.39, 0.29) is 11.9 Å². The van der Waals surface area contributed by atoms with Crippen molar-refractivity contribution in [1.29, 1.82) is 0 Å². The van der Waals surface area contributed by atoms with E-state index in [9.17, 15) is 0 Å². The number of hydrogen-bond donors (Lipinski definition) is 2. The SMILES string of the molecule is CC(CC(N)=NO)N(C)CCc1cccs1. The van der Waals surface area contributed by atoms with Crippen LogP contribution >= 0.6 is 11.3 Å². The van der Waals surface area contributed by atoms with Crippen molar-refractivity contribution in [3.8, 4) is 0 Å². The van der Waals surface area contributed by atoms with Gasteiger partial charge < -0.3 is 15.8 Å². The largest absolute Gasteiger partial charge is 0.409 e. The van der Waals surface area contributed by atoms with E-state index < -0.39 is 0 Å². The number of nitrogens with zero attached hydrogens (tertiary/aromatic N) is 2. The summed E-state index contributed by atoms with van der Waals surface area (Å²) in [4.78, 5) is 3.61. The van der Waals surface area contributed by atoms with Gasteiger partial charge in [0.05, 0.1) is 0 Å². The second-order valence-electron chi connectivity index (χ2n) is 3.95. The van der Waals surface area contributed by atoms with Crippen LogP contribution in [0.3, 0.4) is 0 Å². The molecule has 90 valence electrons. The highest BCUT2D eigenvalue weighted by Crippen LogP contribution is 2.10. The van der Waals surface area contributed by atoms with Crippen molar-refractivity contribution in [2.24, 2.45) is 10.9 Å². The Morgan fingerprint density at radius 1 is 1.69 bits per heavy atom. The fraction of sp³-hybridized carbons (Fsp3) is 0.545. The number of nitrogens with two attached hydrogens (primary N) is 1. The van der Waals surface area contributed by atoms with Crippen LogP contribution in [0.4, 0.5) is 0 Å². The predicted molar refractivity (Wildman–Crippen MR) is 68.1 cm³/mol. The summed E-state index contributed by atoms with van der Waals surface area (Å²) in [5, 5.41) is 13.6. The lowest BCUT2D eigenvalue weighted by atomic mass is 10.2. The first kappa shape index (κ1) is 13.0. The van der Waals surface area contributed by atoms with Crippen LogP contribution in [-0.4, -0.2) is 35.6 Å². The summed E-state index contributed by atoms with van der Waals surface area (Å²) in [5.74, 6) is 0.287. The quantitative estimate of drug-likeness (QED) is 0.345. The van der Waals surface area contributed by atoms with Crippen molar-refractivity contribution < 1.29 is 5.21 Å². The maximum atomic E-state index is 8.49. The highest BCUT2D eigenvalue weighted by atomic mass is 32.1. The summed E-state index contributed by atoms with van der Waals surface area (Å²) >= 11 is 1.78. The standard InChI is InChI=1S/C11H19N3OS/c1-9(8-11(12)13-15)14(2)6-5-10-4-3-7-16-10/h3-4,7,9,15H,5-6,8H2,1-2H3,(H2,12,13). The second-order valence-corrected chi connectivity index (χ2v) is 4.99. The zero-order valence-corrected chi connectivity index (χ0v) is 10.6. The molecule has 0 aliphatic heterocycles. The van der Waals surface area contributed by atoms with Crippen LogP contribution in [0.1, 0.15) is 18.2 Å². The van der Waals surface area contributed by atoms with E-state index in [1.165, 1.54) is 4.88 Å². The fourth-order valence-corrected chi connectivity index (χ4v) is 2.16.